The third kappa shape index (κ3) is 4.68. The van der Waals surface area contributed by atoms with E-state index in [0.29, 0.717) is 17.5 Å². The molecule has 228 valence electrons. The molecule has 10 aromatic rings. The first-order valence-electron chi connectivity index (χ1n) is 16.4. The van der Waals surface area contributed by atoms with Gasteiger partial charge in [0.05, 0.1) is 0 Å². The molecule has 0 saturated heterocycles. The second kappa shape index (κ2) is 11.2. The number of aromatic nitrogens is 3. The number of hydrogen-bond donors (Lipinski definition) is 0. The molecule has 0 aliphatic carbocycles. The molecule has 2 heterocycles. The summed E-state index contributed by atoms with van der Waals surface area (Å²) >= 11 is 1.79. The topological polar surface area (TPSA) is 38.7 Å². The molecule has 0 bridgehead atoms. The molecule has 0 spiro atoms. The van der Waals surface area contributed by atoms with Crippen LogP contribution in [0.5, 0.6) is 0 Å². The van der Waals surface area contributed by atoms with E-state index in [1.807, 2.05) is 0 Å². The Morgan fingerprint density at radius 1 is 0.327 bits per heavy atom. The Kier molecular flexibility index (Phi) is 6.36. The SMILES string of the molecule is c1ccc2c(-c3ccc4ccc(-c5nc(-c6cccc7ccccc67)nc(-c6cccc7c6sc6ccccc67)n5)cc4c3)cccc2c1. The largest absolute Gasteiger partial charge is 0.208 e. The van der Waals surface area contributed by atoms with Crippen LogP contribution in [0.4, 0.5) is 0 Å². The molecule has 0 saturated carbocycles. The van der Waals surface area contributed by atoms with Crippen molar-refractivity contribution in [1.29, 1.82) is 0 Å². The minimum absolute atomic E-state index is 0.656. The van der Waals surface area contributed by atoms with Crippen LogP contribution in [0, 0.1) is 0 Å². The second-order valence-electron chi connectivity index (χ2n) is 12.4. The second-order valence-corrected chi connectivity index (χ2v) is 13.5. The van der Waals surface area contributed by atoms with Crippen molar-refractivity contribution in [1.82, 2.24) is 15.0 Å². The normalized spacial score (nSPS) is 11.7. The molecule has 0 radical (unpaired) electrons. The van der Waals surface area contributed by atoms with Crippen molar-refractivity contribution in [2.24, 2.45) is 0 Å². The van der Waals surface area contributed by atoms with Crippen LogP contribution in [-0.2, 0) is 0 Å². The third-order valence-electron chi connectivity index (χ3n) is 9.51. The predicted octanol–water partition coefficient (Wildman–Crippen LogP) is 12.4. The van der Waals surface area contributed by atoms with Gasteiger partial charge in [0.1, 0.15) is 0 Å². The van der Waals surface area contributed by atoms with Gasteiger partial charge in [-0.05, 0) is 67.7 Å². The number of benzene rings is 8. The van der Waals surface area contributed by atoms with Crippen LogP contribution in [0.3, 0.4) is 0 Å². The van der Waals surface area contributed by atoms with Gasteiger partial charge in [-0.25, -0.2) is 15.0 Å². The van der Waals surface area contributed by atoms with Crippen molar-refractivity contribution in [2.45, 2.75) is 0 Å². The third-order valence-corrected chi connectivity index (χ3v) is 10.7. The molecule has 4 heteroatoms. The summed E-state index contributed by atoms with van der Waals surface area (Å²) < 4.78 is 2.44. The molecule has 0 aliphatic heterocycles. The minimum atomic E-state index is 0.656. The van der Waals surface area contributed by atoms with Gasteiger partial charge >= 0.3 is 0 Å². The molecule has 10 rings (SSSR count). The van der Waals surface area contributed by atoms with Crippen LogP contribution in [0.15, 0.2) is 164 Å². The molecule has 49 heavy (non-hydrogen) atoms. The lowest BCUT2D eigenvalue weighted by molar-refractivity contribution is 1.08. The Morgan fingerprint density at radius 3 is 1.65 bits per heavy atom. The van der Waals surface area contributed by atoms with E-state index in [1.54, 1.807) is 11.3 Å². The lowest BCUT2D eigenvalue weighted by atomic mass is 9.95. The van der Waals surface area contributed by atoms with Gasteiger partial charge in [0.25, 0.3) is 0 Å². The highest BCUT2D eigenvalue weighted by atomic mass is 32.1. The van der Waals surface area contributed by atoms with Crippen LogP contribution in [-0.4, -0.2) is 15.0 Å². The molecule has 3 nitrogen and oxygen atoms in total. The zero-order valence-electron chi connectivity index (χ0n) is 26.3. The van der Waals surface area contributed by atoms with Crippen molar-refractivity contribution < 1.29 is 0 Å². The van der Waals surface area contributed by atoms with Gasteiger partial charge in [-0.15, -0.1) is 11.3 Å². The van der Waals surface area contributed by atoms with E-state index in [-0.39, 0.29) is 0 Å². The quantitative estimate of drug-likeness (QED) is 0.192. The lowest BCUT2D eigenvalue weighted by Gasteiger charge is -2.12. The van der Waals surface area contributed by atoms with Gasteiger partial charge in [-0.1, -0.05) is 140 Å². The Morgan fingerprint density at radius 2 is 0.857 bits per heavy atom. The van der Waals surface area contributed by atoms with Crippen molar-refractivity contribution in [3.8, 4) is 45.3 Å². The summed E-state index contributed by atoms with van der Waals surface area (Å²) in [5.41, 5.74) is 5.37. The Labute approximate surface area is 286 Å². The van der Waals surface area contributed by atoms with Gasteiger partial charge in [0.15, 0.2) is 17.5 Å². The number of nitrogens with zero attached hydrogens (tertiary/aromatic N) is 3. The Hall–Kier alpha value is -6.23. The van der Waals surface area contributed by atoms with Crippen molar-refractivity contribution in [3.05, 3.63) is 164 Å². The maximum Gasteiger partial charge on any atom is 0.165 e. The zero-order valence-corrected chi connectivity index (χ0v) is 27.2. The molecule has 0 amide bonds. The van der Waals surface area contributed by atoms with E-state index in [2.05, 4.69) is 164 Å². The van der Waals surface area contributed by atoms with E-state index in [0.717, 1.165) is 32.8 Å². The first-order chi connectivity index (χ1) is 24.3. The van der Waals surface area contributed by atoms with Crippen molar-refractivity contribution in [2.75, 3.05) is 0 Å². The van der Waals surface area contributed by atoms with E-state index >= 15 is 0 Å². The Bertz CT molecular complexity index is 2890. The predicted molar refractivity (Wildman–Crippen MR) is 207 cm³/mol. The van der Waals surface area contributed by atoms with Crippen LogP contribution >= 0.6 is 11.3 Å². The summed E-state index contributed by atoms with van der Waals surface area (Å²) in [6, 6.07) is 58.1. The molecule has 2 aromatic heterocycles. The number of fused-ring (bicyclic) bond motifs is 6. The Balaban J connectivity index is 1.19. The highest BCUT2D eigenvalue weighted by molar-refractivity contribution is 7.26. The molecular formula is C45H27N3S. The van der Waals surface area contributed by atoms with Crippen molar-refractivity contribution in [3.63, 3.8) is 0 Å². The molecule has 0 unspecified atom stereocenters. The first-order valence-corrected chi connectivity index (χ1v) is 17.3. The maximum absolute atomic E-state index is 5.21. The fourth-order valence-electron chi connectivity index (χ4n) is 7.12. The fourth-order valence-corrected chi connectivity index (χ4v) is 8.33. The van der Waals surface area contributed by atoms with Crippen molar-refractivity contribution >= 4 is 63.8 Å². The fraction of sp³-hybridized carbons (Fsp3) is 0. The van der Waals surface area contributed by atoms with Crippen LogP contribution in [0.25, 0.3) is 97.8 Å². The molecular weight excluding hydrogens is 615 g/mol. The first kappa shape index (κ1) is 27.8. The molecule has 8 aromatic carbocycles. The van der Waals surface area contributed by atoms with Gasteiger partial charge in [0.2, 0.25) is 0 Å². The number of hydrogen-bond acceptors (Lipinski definition) is 4. The summed E-state index contributed by atoms with van der Waals surface area (Å²) in [5.74, 6) is 2.00. The van der Waals surface area contributed by atoms with E-state index in [1.165, 1.54) is 47.5 Å². The number of rotatable bonds is 4. The summed E-state index contributed by atoms with van der Waals surface area (Å²) in [6.07, 6.45) is 0. The zero-order chi connectivity index (χ0) is 32.3. The highest BCUT2D eigenvalue weighted by Crippen LogP contribution is 2.40. The van der Waals surface area contributed by atoms with E-state index in [4.69, 9.17) is 15.0 Å². The maximum atomic E-state index is 5.21. The lowest BCUT2D eigenvalue weighted by Crippen LogP contribution is -2.00. The summed E-state index contributed by atoms with van der Waals surface area (Å²) in [5, 5.41) is 9.55. The summed E-state index contributed by atoms with van der Waals surface area (Å²) in [4.78, 5) is 15.6. The smallest absolute Gasteiger partial charge is 0.165 e. The molecule has 0 N–H and O–H groups in total. The molecule has 0 atom stereocenters. The van der Waals surface area contributed by atoms with E-state index in [9.17, 15) is 0 Å². The monoisotopic (exact) mass is 641 g/mol. The number of thiophene rings is 1. The van der Waals surface area contributed by atoms with Crippen LogP contribution < -0.4 is 0 Å². The molecule has 0 fully saturated rings. The standard InChI is InChI=1S/C45H27N3S/c1-3-14-34-29(10-1)12-7-17-36(34)31-24-22-28-23-25-32(27-33(28)26-31)43-46-44(39-19-8-13-30-11-2-4-15-35(30)39)48-45(47-43)40-20-9-18-38-37-16-5-6-21-41(37)49-42(38)40/h1-27H. The summed E-state index contributed by atoms with van der Waals surface area (Å²) in [6.45, 7) is 0. The summed E-state index contributed by atoms with van der Waals surface area (Å²) in [7, 11) is 0. The van der Waals surface area contributed by atoms with Gasteiger partial charge in [-0.3, -0.25) is 0 Å². The molecule has 0 aliphatic rings. The van der Waals surface area contributed by atoms with Crippen LogP contribution in [0.1, 0.15) is 0 Å². The van der Waals surface area contributed by atoms with E-state index < -0.39 is 0 Å². The average Bonchev–Trinajstić information content (AvgIpc) is 3.56. The van der Waals surface area contributed by atoms with Gasteiger partial charge in [0, 0.05) is 36.9 Å². The average molecular weight is 642 g/mol. The minimum Gasteiger partial charge on any atom is -0.208 e. The highest BCUT2D eigenvalue weighted by Gasteiger charge is 2.18. The van der Waals surface area contributed by atoms with Gasteiger partial charge < -0.3 is 0 Å². The van der Waals surface area contributed by atoms with Gasteiger partial charge in [-0.2, -0.15) is 0 Å². The van der Waals surface area contributed by atoms with Crippen LogP contribution in [0.2, 0.25) is 0 Å².